The van der Waals surface area contributed by atoms with Crippen molar-refractivity contribution in [2.75, 3.05) is 13.3 Å². The van der Waals surface area contributed by atoms with Gasteiger partial charge in [-0.05, 0) is 19.1 Å². The minimum atomic E-state index is -2.54. The van der Waals surface area contributed by atoms with Gasteiger partial charge in [-0.15, -0.1) is 0 Å². The lowest BCUT2D eigenvalue weighted by atomic mass is 10.4. The topological polar surface area (TPSA) is 26.3 Å². The van der Waals surface area contributed by atoms with E-state index in [0.29, 0.717) is 6.61 Å². The highest BCUT2D eigenvalue weighted by molar-refractivity contribution is 7.66. The maximum absolute atomic E-state index is 11.8. The summed E-state index contributed by atoms with van der Waals surface area (Å²) in [5, 5.41) is 0.784. The van der Waals surface area contributed by atoms with Crippen LogP contribution in [0.5, 0.6) is 0 Å². The van der Waals surface area contributed by atoms with Gasteiger partial charge in [-0.1, -0.05) is 18.2 Å². The normalized spacial score (nSPS) is 15.5. The summed E-state index contributed by atoms with van der Waals surface area (Å²) in [5.41, 5.74) is 0. The lowest BCUT2D eigenvalue weighted by molar-refractivity contribution is 0.345. The van der Waals surface area contributed by atoms with Crippen LogP contribution in [0.3, 0.4) is 0 Å². The van der Waals surface area contributed by atoms with Crippen LogP contribution in [0.1, 0.15) is 6.92 Å². The third-order valence-corrected chi connectivity index (χ3v) is 3.59. The fourth-order valence-corrected chi connectivity index (χ4v) is 2.38. The van der Waals surface area contributed by atoms with Gasteiger partial charge in [0.25, 0.3) is 0 Å². The van der Waals surface area contributed by atoms with Gasteiger partial charge in [-0.2, -0.15) is 0 Å². The second-order valence-electron chi connectivity index (χ2n) is 2.60. The first kappa shape index (κ1) is 9.50. The predicted octanol–water partition coefficient (Wildman–Crippen LogP) is 2.26. The van der Waals surface area contributed by atoms with Gasteiger partial charge in [-0.3, -0.25) is 4.57 Å². The molecule has 0 saturated carbocycles. The van der Waals surface area contributed by atoms with Crippen LogP contribution in [0.15, 0.2) is 30.3 Å². The average Bonchev–Trinajstić information content (AvgIpc) is 2.06. The highest BCUT2D eigenvalue weighted by atomic mass is 31.2. The van der Waals surface area contributed by atoms with Crippen molar-refractivity contribution >= 4 is 12.7 Å². The minimum absolute atomic E-state index is 0.489. The van der Waals surface area contributed by atoms with E-state index >= 15 is 0 Å². The highest BCUT2D eigenvalue weighted by Gasteiger charge is 2.16. The number of hydrogen-bond acceptors (Lipinski definition) is 2. The Labute approximate surface area is 73.0 Å². The van der Waals surface area contributed by atoms with Gasteiger partial charge in [0.15, 0.2) is 0 Å². The van der Waals surface area contributed by atoms with Crippen LogP contribution >= 0.6 is 7.37 Å². The SMILES string of the molecule is CCOP(C)(=O)c1ccccc1. The summed E-state index contributed by atoms with van der Waals surface area (Å²) in [7, 11) is -2.54. The average molecular weight is 184 g/mol. The van der Waals surface area contributed by atoms with Gasteiger partial charge in [-0.25, -0.2) is 0 Å². The molecule has 0 aromatic heterocycles. The molecule has 0 aliphatic heterocycles. The van der Waals surface area contributed by atoms with Crippen LogP contribution in [0.4, 0.5) is 0 Å². The zero-order valence-corrected chi connectivity index (χ0v) is 8.25. The molecule has 0 amide bonds. The van der Waals surface area contributed by atoms with E-state index in [9.17, 15) is 4.57 Å². The Balaban J connectivity index is 2.90. The molecule has 2 nitrogen and oxygen atoms in total. The quantitative estimate of drug-likeness (QED) is 0.673. The first-order valence-corrected chi connectivity index (χ1v) is 6.01. The first-order valence-electron chi connectivity index (χ1n) is 3.94. The third kappa shape index (κ3) is 2.20. The first-order chi connectivity index (χ1) is 5.67. The van der Waals surface area contributed by atoms with Crippen LogP contribution in [0.25, 0.3) is 0 Å². The molecule has 1 atom stereocenters. The van der Waals surface area contributed by atoms with Crippen molar-refractivity contribution in [2.24, 2.45) is 0 Å². The third-order valence-electron chi connectivity index (χ3n) is 1.60. The van der Waals surface area contributed by atoms with Gasteiger partial charge >= 0.3 is 0 Å². The van der Waals surface area contributed by atoms with Crippen molar-refractivity contribution < 1.29 is 9.09 Å². The molecule has 1 unspecified atom stereocenters. The molecule has 1 aromatic rings. The van der Waals surface area contributed by atoms with E-state index in [1.807, 2.05) is 37.3 Å². The molecule has 0 saturated heterocycles. The summed E-state index contributed by atoms with van der Waals surface area (Å²) < 4.78 is 17.0. The summed E-state index contributed by atoms with van der Waals surface area (Å²) in [4.78, 5) is 0. The Bertz CT molecular complexity index is 282. The molecule has 0 bridgehead atoms. The summed E-state index contributed by atoms with van der Waals surface area (Å²) >= 11 is 0. The number of benzene rings is 1. The molecular weight excluding hydrogens is 171 g/mol. The molecule has 0 N–H and O–H groups in total. The summed E-state index contributed by atoms with van der Waals surface area (Å²) in [6, 6.07) is 9.29. The molecule has 0 aliphatic rings. The molecule has 12 heavy (non-hydrogen) atoms. The van der Waals surface area contributed by atoms with E-state index in [0.717, 1.165) is 5.30 Å². The van der Waals surface area contributed by atoms with Gasteiger partial charge < -0.3 is 4.52 Å². The number of hydrogen-bond donors (Lipinski definition) is 0. The second kappa shape index (κ2) is 3.88. The van der Waals surface area contributed by atoms with Crippen molar-refractivity contribution in [3.05, 3.63) is 30.3 Å². The second-order valence-corrected chi connectivity index (χ2v) is 5.07. The summed E-state index contributed by atoms with van der Waals surface area (Å²) in [5.74, 6) is 0. The molecular formula is C9H13O2P. The predicted molar refractivity (Wildman–Crippen MR) is 51.2 cm³/mol. The van der Waals surface area contributed by atoms with E-state index in [2.05, 4.69) is 0 Å². The van der Waals surface area contributed by atoms with Crippen LogP contribution in [0.2, 0.25) is 0 Å². The van der Waals surface area contributed by atoms with E-state index < -0.39 is 7.37 Å². The van der Waals surface area contributed by atoms with Crippen LogP contribution in [-0.4, -0.2) is 13.3 Å². The molecule has 0 heterocycles. The lowest BCUT2D eigenvalue weighted by Gasteiger charge is -2.11. The van der Waals surface area contributed by atoms with Gasteiger partial charge in [0, 0.05) is 12.0 Å². The van der Waals surface area contributed by atoms with Crippen molar-refractivity contribution in [3.8, 4) is 0 Å². The summed E-state index contributed by atoms with van der Waals surface area (Å²) in [6.07, 6.45) is 0. The zero-order valence-electron chi connectivity index (χ0n) is 7.36. The Morgan fingerprint density at radius 2 is 1.92 bits per heavy atom. The van der Waals surface area contributed by atoms with Gasteiger partial charge in [0.1, 0.15) is 0 Å². The Kier molecular flexibility index (Phi) is 3.07. The largest absolute Gasteiger partial charge is 0.326 e. The lowest BCUT2D eigenvalue weighted by Crippen LogP contribution is -2.05. The molecule has 3 heteroatoms. The van der Waals surface area contributed by atoms with E-state index in [-0.39, 0.29) is 0 Å². The Morgan fingerprint density at radius 3 is 2.42 bits per heavy atom. The van der Waals surface area contributed by atoms with Crippen LogP contribution in [-0.2, 0) is 9.09 Å². The fourth-order valence-electron chi connectivity index (χ4n) is 1.02. The molecule has 1 rings (SSSR count). The Hall–Kier alpha value is -0.590. The van der Waals surface area contributed by atoms with Crippen molar-refractivity contribution in [1.82, 2.24) is 0 Å². The molecule has 0 fully saturated rings. The molecule has 0 aliphatic carbocycles. The monoisotopic (exact) mass is 184 g/mol. The maximum atomic E-state index is 11.8. The standard InChI is InChI=1S/C9H13O2P/c1-3-11-12(2,10)9-7-5-4-6-8-9/h4-8H,3H2,1-2H3. The fraction of sp³-hybridized carbons (Fsp3) is 0.333. The minimum Gasteiger partial charge on any atom is -0.326 e. The van der Waals surface area contributed by atoms with E-state index in [1.54, 1.807) is 6.66 Å². The van der Waals surface area contributed by atoms with Gasteiger partial charge in [0.05, 0.1) is 6.61 Å². The zero-order chi connectivity index (χ0) is 9.03. The molecule has 66 valence electrons. The van der Waals surface area contributed by atoms with Crippen molar-refractivity contribution in [2.45, 2.75) is 6.92 Å². The molecule has 0 radical (unpaired) electrons. The highest BCUT2D eigenvalue weighted by Crippen LogP contribution is 2.40. The molecule has 0 spiro atoms. The Morgan fingerprint density at radius 1 is 1.33 bits per heavy atom. The van der Waals surface area contributed by atoms with Gasteiger partial charge in [0.2, 0.25) is 7.37 Å². The summed E-state index contributed by atoms with van der Waals surface area (Å²) in [6.45, 7) is 3.98. The smallest absolute Gasteiger partial charge is 0.229 e. The van der Waals surface area contributed by atoms with Crippen LogP contribution in [0, 0.1) is 0 Å². The van der Waals surface area contributed by atoms with E-state index in [1.165, 1.54) is 0 Å². The van der Waals surface area contributed by atoms with Crippen molar-refractivity contribution in [3.63, 3.8) is 0 Å². The van der Waals surface area contributed by atoms with Crippen LogP contribution < -0.4 is 5.30 Å². The van der Waals surface area contributed by atoms with E-state index in [4.69, 9.17) is 4.52 Å². The maximum Gasteiger partial charge on any atom is 0.229 e. The number of rotatable bonds is 3. The van der Waals surface area contributed by atoms with Crippen molar-refractivity contribution in [1.29, 1.82) is 0 Å². The molecule has 1 aromatic carbocycles.